The normalized spacial score (nSPS) is 14.4. The third-order valence-electron chi connectivity index (χ3n) is 4.99. The molecule has 2 heterocycles. The van der Waals surface area contributed by atoms with Crippen LogP contribution in [-0.4, -0.2) is 65.9 Å². The standard InChI is InChI=1S/C22H30ClN5OS.HI/c1-3-24-22(25-9-5-8-20-26-17(2)16-30-20)28-12-10-27(11-13-28)21(29)15-18-6-4-7-19(23)14-18;/h4,6-7,14,16H,3,5,8-13,15H2,1-2H3,(H,24,25);1H. The lowest BCUT2D eigenvalue weighted by atomic mass is 10.1. The minimum atomic E-state index is 0. The first kappa shape index (κ1) is 25.9. The topological polar surface area (TPSA) is 60.8 Å². The van der Waals surface area contributed by atoms with Gasteiger partial charge in [-0.3, -0.25) is 9.79 Å². The minimum Gasteiger partial charge on any atom is -0.357 e. The van der Waals surface area contributed by atoms with Gasteiger partial charge < -0.3 is 15.1 Å². The molecular formula is C22H31ClIN5OS. The average Bonchev–Trinajstić information content (AvgIpc) is 3.15. The lowest BCUT2D eigenvalue weighted by Gasteiger charge is -2.36. The van der Waals surface area contributed by atoms with Crippen LogP contribution >= 0.6 is 46.9 Å². The van der Waals surface area contributed by atoms with E-state index in [0.717, 1.165) is 56.2 Å². The highest BCUT2D eigenvalue weighted by Crippen LogP contribution is 2.13. The van der Waals surface area contributed by atoms with Crippen molar-refractivity contribution in [3.8, 4) is 0 Å². The Balaban J connectivity index is 0.00000341. The van der Waals surface area contributed by atoms with Crippen molar-refractivity contribution in [1.82, 2.24) is 20.1 Å². The second kappa shape index (κ2) is 13.2. The molecule has 0 aliphatic carbocycles. The fourth-order valence-corrected chi connectivity index (χ4v) is 4.49. The molecule has 0 radical (unpaired) electrons. The van der Waals surface area contributed by atoms with Crippen LogP contribution < -0.4 is 5.32 Å². The van der Waals surface area contributed by atoms with Gasteiger partial charge in [-0.1, -0.05) is 23.7 Å². The van der Waals surface area contributed by atoms with Gasteiger partial charge in [0.05, 0.1) is 11.4 Å². The first-order valence-corrected chi connectivity index (χ1v) is 11.8. The number of halogens is 2. The van der Waals surface area contributed by atoms with Gasteiger partial charge in [0.1, 0.15) is 0 Å². The highest BCUT2D eigenvalue weighted by Gasteiger charge is 2.23. The number of hydrogen-bond donors (Lipinski definition) is 1. The van der Waals surface area contributed by atoms with Gasteiger partial charge in [-0.15, -0.1) is 35.3 Å². The summed E-state index contributed by atoms with van der Waals surface area (Å²) in [6.45, 7) is 8.72. The third-order valence-corrected chi connectivity index (χ3v) is 6.25. The zero-order valence-electron chi connectivity index (χ0n) is 18.1. The van der Waals surface area contributed by atoms with E-state index >= 15 is 0 Å². The lowest BCUT2D eigenvalue weighted by Crippen LogP contribution is -2.54. The van der Waals surface area contributed by atoms with Crippen molar-refractivity contribution in [1.29, 1.82) is 0 Å². The number of benzene rings is 1. The smallest absolute Gasteiger partial charge is 0.227 e. The second-order valence-corrected chi connectivity index (χ2v) is 8.78. The van der Waals surface area contributed by atoms with Gasteiger partial charge in [-0.2, -0.15) is 0 Å². The number of nitrogens with zero attached hydrogens (tertiary/aromatic N) is 4. The van der Waals surface area contributed by atoms with Crippen LogP contribution in [-0.2, 0) is 17.6 Å². The number of aliphatic imine (C=N–C) groups is 1. The average molecular weight is 576 g/mol. The first-order chi connectivity index (χ1) is 14.5. The van der Waals surface area contributed by atoms with Crippen molar-refractivity contribution in [3.63, 3.8) is 0 Å². The van der Waals surface area contributed by atoms with Crippen LogP contribution in [0.4, 0.5) is 0 Å². The third kappa shape index (κ3) is 8.23. The quantitative estimate of drug-likeness (QED) is 0.235. The van der Waals surface area contributed by atoms with Gasteiger partial charge in [-0.05, 0) is 38.0 Å². The number of nitrogens with one attached hydrogen (secondary N) is 1. The predicted octanol–water partition coefficient (Wildman–Crippen LogP) is 4.01. The van der Waals surface area contributed by atoms with Crippen LogP contribution in [0.2, 0.25) is 5.02 Å². The highest BCUT2D eigenvalue weighted by atomic mass is 127. The summed E-state index contributed by atoms with van der Waals surface area (Å²) in [4.78, 5) is 26.1. The number of aromatic nitrogens is 1. The molecule has 9 heteroatoms. The number of rotatable bonds is 7. The molecule has 1 aliphatic heterocycles. The summed E-state index contributed by atoms with van der Waals surface area (Å²) in [7, 11) is 0. The van der Waals surface area contributed by atoms with Crippen LogP contribution in [0, 0.1) is 6.92 Å². The molecule has 1 aromatic carbocycles. The first-order valence-electron chi connectivity index (χ1n) is 10.5. The number of amides is 1. The predicted molar refractivity (Wildman–Crippen MR) is 140 cm³/mol. The van der Waals surface area contributed by atoms with Crippen molar-refractivity contribution in [2.24, 2.45) is 4.99 Å². The molecule has 1 aliphatic rings. The van der Waals surface area contributed by atoms with Crippen molar-refractivity contribution in [3.05, 3.63) is 50.9 Å². The van der Waals surface area contributed by atoms with Crippen LogP contribution in [0.1, 0.15) is 29.6 Å². The van der Waals surface area contributed by atoms with Crippen molar-refractivity contribution < 1.29 is 4.79 Å². The van der Waals surface area contributed by atoms with Gasteiger partial charge >= 0.3 is 0 Å². The zero-order valence-corrected chi connectivity index (χ0v) is 22.0. The molecule has 1 N–H and O–H groups in total. The summed E-state index contributed by atoms with van der Waals surface area (Å²) in [5.41, 5.74) is 2.05. The Morgan fingerprint density at radius 1 is 1.26 bits per heavy atom. The van der Waals surface area contributed by atoms with E-state index in [1.54, 1.807) is 11.3 Å². The monoisotopic (exact) mass is 575 g/mol. The van der Waals surface area contributed by atoms with Crippen molar-refractivity contribution >= 4 is 58.8 Å². The molecule has 0 bridgehead atoms. The molecular weight excluding hydrogens is 545 g/mol. The van der Waals surface area contributed by atoms with Crippen LogP contribution in [0.5, 0.6) is 0 Å². The fraction of sp³-hybridized carbons (Fsp3) is 0.500. The number of thiazole rings is 1. The van der Waals surface area contributed by atoms with Gasteiger partial charge in [0.25, 0.3) is 0 Å². The second-order valence-electron chi connectivity index (χ2n) is 7.40. The van der Waals surface area contributed by atoms with E-state index in [4.69, 9.17) is 16.6 Å². The van der Waals surface area contributed by atoms with E-state index in [9.17, 15) is 4.79 Å². The van der Waals surface area contributed by atoms with E-state index in [1.807, 2.05) is 36.1 Å². The zero-order chi connectivity index (χ0) is 21.3. The molecule has 1 aromatic heterocycles. The molecule has 2 aromatic rings. The molecule has 0 atom stereocenters. The molecule has 170 valence electrons. The number of piperazine rings is 1. The van der Waals surface area contributed by atoms with Crippen LogP contribution in [0.3, 0.4) is 0 Å². The fourth-order valence-electron chi connectivity index (χ4n) is 3.46. The Morgan fingerprint density at radius 3 is 2.65 bits per heavy atom. The lowest BCUT2D eigenvalue weighted by molar-refractivity contribution is -0.131. The molecule has 0 spiro atoms. The molecule has 3 rings (SSSR count). The number of guanidine groups is 1. The summed E-state index contributed by atoms with van der Waals surface area (Å²) < 4.78 is 0. The summed E-state index contributed by atoms with van der Waals surface area (Å²) in [6, 6.07) is 7.52. The molecule has 6 nitrogen and oxygen atoms in total. The van der Waals surface area contributed by atoms with Gasteiger partial charge in [0.2, 0.25) is 5.91 Å². The summed E-state index contributed by atoms with van der Waals surface area (Å²) in [6.07, 6.45) is 2.35. The maximum absolute atomic E-state index is 12.6. The number of aryl methyl sites for hydroxylation is 2. The van der Waals surface area contributed by atoms with Gasteiger partial charge in [0, 0.05) is 61.8 Å². The Kier molecular flexibility index (Phi) is 11.0. The summed E-state index contributed by atoms with van der Waals surface area (Å²) in [5, 5.41) is 7.33. The Labute approximate surface area is 211 Å². The van der Waals surface area contributed by atoms with Gasteiger partial charge in [-0.25, -0.2) is 4.98 Å². The van der Waals surface area contributed by atoms with Crippen LogP contribution in [0.25, 0.3) is 0 Å². The Hall–Kier alpha value is -1.39. The van der Waals surface area contributed by atoms with E-state index < -0.39 is 0 Å². The maximum atomic E-state index is 12.6. The van der Waals surface area contributed by atoms with E-state index in [2.05, 4.69) is 27.5 Å². The van der Waals surface area contributed by atoms with Gasteiger partial charge in [0.15, 0.2) is 5.96 Å². The van der Waals surface area contributed by atoms with Crippen LogP contribution in [0.15, 0.2) is 34.6 Å². The molecule has 31 heavy (non-hydrogen) atoms. The molecule has 1 amide bonds. The maximum Gasteiger partial charge on any atom is 0.227 e. The Bertz CT molecular complexity index is 867. The molecule has 1 fully saturated rings. The SMILES string of the molecule is CCNC(=NCCCc1nc(C)cs1)N1CCN(C(=O)Cc2cccc(Cl)c2)CC1.I. The number of carbonyl (C=O) groups excluding carboxylic acids is 1. The highest BCUT2D eigenvalue weighted by molar-refractivity contribution is 14.0. The van der Waals surface area contributed by atoms with E-state index in [-0.39, 0.29) is 29.9 Å². The van der Waals surface area contributed by atoms with E-state index in [0.29, 0.717) is 24.5 Å². The van der Waals surface area contributed by atoms with Crippen molar-refractivity contribution in [2.45, 2.75) is 33.1 Å². The number of hydrogen-bond acceptors (Lipinski definition) is 4. The van der Waals surface area contributed by atoms with E-state index in [1.165, 1.54) is 5.01 Å². The van der Waals surface area contributed by atoms with Crippen molar-refractivity contribution in [2.75, 3.05) is 39.3 Å². The molecule has 0 saturated carbocycles. The summed E-state index contributed by atoms with van der Waals surface area (Å²) >= 11 is 7.75. The number of carbonyl (C=O) groups is 1. The molecule has 1 saturated heterocycles. The minimum absolute atomic E-state index is 0. The largest absolute Gasteiger partial charge is 0.357 e. The Morgan fingerprint density at radius 2 is 2.00 bits per heavy atom. The molecule has 0 unspecified atom stereocenters. The summed E-state index contributed by atoms with van der Waals surface area (Å²) in [5.74, 6) is 1.09.